The van der Waals surface area contributed by atoms with E-state index in [1.807, 2.05) is 41.1 Å². The van der Waals surface area contributed by atoms with E-state index in [0.717, 1.165) is 42.9 Å². The molecule has 8 nitrogen and oxygen atoms in total. The van der Waals surface area contributed by atoms with Crippen molar-refractivity contribution in [3.8, 4) is 23.2 Å². The number of aromatic nitrogens is 3. The third kappa shape index (κ3) is 4.91. The third-order valence-electron chi connectivity index (χ3n) is 6.70. The van der Waals surface area contributed by atoms with Crippen molar-refractivity contribution in [2.45, 2.75) is 32.4 Å². The quantitative estimate of drug-likeness (QED) is 0.498. The van der Waals surface area contributed by atoms with Crippen LogP contribution in [0.5, 0.6) is 0 Å². The van der Waals surface area contributed by atoms with Gasteiger partial charge in [-0.05, 0) is 56.0 Å². The Balaban J connectivity index is 1.14. The highest BCUT2D eigenvalue weighted by molar-refractivity contribution is 5.66. The number of aliphatic hydroxyl groups excluding tert-OH is 1. The molecule has 5 rings (SSSR count). The Labute approximate surface area is 198 Å². The Kier molecular flexibility index (Phi) is 6.22. The van der Waals surface area contributed by atoms with Crippen LogP contribution in [0.4, 0.5) is 0 Å². The van der Waals surface area contributed by atoms with Crippen molar-refractivity contribution in [1.29, 1.82) is 0 Å². The van der Waals surface area contributed by atoms with Crippen molar-refractivity contribution in [3.05, 3.63) is 59.8 Å². The number of carbonyl (C=O) groups is 1. The molecule has 0 radical (unpaired) electrons. The first kappa shape index (κ1) is 22.4. The van der Waals surface area contributed by atoms with Crippen LogP contribution in [0, 0.1) is 29.6 Å². The highest BCUT2D eigenvalue weighted by atomic mass is 16.5. The maximum Gasteiger partial charge on any atom is 0.303 e. The molecule has 0 spiro atoms. The Hall–Kier alpha value is -3.41. The summed E-state index contributed by atoms with van der Waals surface area (Å²) in [6.07, 6.45) is 3.80. The van der Waals surface area contributed by atoms with E-state index in [0.29, 0.717) is 35.9 Å². The summed E-state index contributed by atoms with van der Waals surface area (Å²) in [6.45, 7) is 5.11. The number of rotatable bonds is 8. The van der Waals surface area contributed by atoms with E-state index in [1.165, 1.54) is 0 Å². The van der Waals surface area contributed by atoms with Crippen LogP contribution in [0.1, 0.15) is 43.0 Å². The standard InChI is InChI=1S/C26H28N4O4/c1-17(31)26-27-10-12-30(26)14-20-13-24(34-28-20)19-7-4-18(5-8-19)6-9-21-22-15-29(16-23(21)22)11-2-3-25(32)33/h4-5,7-8,10,12-13,17,21-23,31H,2-3,11,14-16H2,1H3,(H,32,33)/t17-,21?,22?,23?/m0/s1. The summed E-state index contributed by atoms with van der Waals surface area (Å²) in [5.74, 6) is 9.04. The first-order chi connectivity index (χ1) is 16.5. The number of nitrogens with zero attached hydrogens (tertiary/aromatic N) is 4. The van der Waals surface area contributed by atoms with Crippen molar-refractivity contribution in [3.63, 3.8) is 0 Å². The molecule has 1 saturated heterocycles. The summed E-state index contributed by atoms with van der Waals surface area (Å²) in [7, 11) is 0. The summed E-state index contributed by atoms with van der Waals surface area (Å²) in [5, 5.41) is 22.7. The second kappa shape index (κ2) is 9.45. The Morgan fingerprint density at radius 2 is 2.03 bits per heavy atom. The monoisotopic (exact) mass is 460 g/mol. The van der Waals surface area contributed by atoms with Gasteiger partial charge >= 0.3 is 5.97 Å². The minimum atomic E-state index is -0.719. The number of aliphatic carboxylic acids is 1. The van der Waals surface area contributed by atoms with Gasteiger partial charge in [-0.3, -0.25) is 4.79 Å². The zero-order chi connectivity index (χ0) is 23.7. The molecule has 0 bridgehead atoms. The van der Waals surface area contributed by atoms with Gasteiger partial charge in [0.2, 0.25) is 0 Å². The molecule has 176 valence electrons. The van der Waals surface area contributed by atoms with Gasteiger partial charge in [0, 0.05) is 55.0 Å². The Morgan fingerprint density at radius 3 is 2.74 bits per heavy atom. The van der Waals surface area contributed by atoms with Gasteiger partial charge in [0.1, 0.15) is 17.6 Å². The van der Waals surface area contributed by atoms with Gasteiger partial charge in [0.15, 0.2) is 5.76 Å². The minimum absolute atomic E-state index is 0.245. The lowest BCUT2D eigenvalue weighted by molar-refractivity contribution is -0.137. The molecule has 3 aromatic rings. The summed E-state index contributed by atoms with van der Waals surface area (Å²) in [5.41, 5.74) is 2.67. The van der Waals surface area contributed by atoms with Gasteiger partial charge in [0.05, 0.1) is 6.54 Å². The van der Waals surface area contributed by atoms with E-state index >= 15 is 0 Å². The fourth-order valence-corrected chi connectivity index (χ4v) is 4.87. The van der Waals surface area contributed by atoms with Gasteiger partial charge < -0.3 is 24.2 Å². The largest absolute Gasteiger partial charge is 0.481 e. The second-order valence-corrected chi connectivity index (χ2v) is 9.23. The number of benzene rings is 1. The predicted octanol–water partition coefficient (Wildman–Crippen LogP) is 3.03. The molecule has 1 saturated carbocycles. The summed E-state index contributed by atoms with van der Waals surface area (Å²) >= 11 is 0. The van der Waals surface area contributed by atoms with Gasteiger partial charge in [-0.15, -0.1) is 0 Å². The van der Waals surface area contributed by atoms with Crippen LogP contribution in [0.25, 0.3) is 11.3 Å². The maximum absolute atomic E-state index is 10.7. The SMILES string of the molecule is C[C@H](O)c1nccn1Cc1cc(-c2ccc(C#CC3C4CN(CCCC(=O)O)CC34)cc2)on1. The highest BCUT2D eigenvalue weighted by Gasteiger charge is 2.54. The van der Waals surface area contributed by atoms with E-state index in [2.05, 4.69) is 26.9 Å². The molecule has 3 heterocycles. The fraction of sp³-hybridized carbons (Fsp3) is 0.423. The number of piperidine rings is 1. The molecule has 2 unspecified atom stereocenters. The van der Waals surface area contributed by atoms with Crippen LogP contribution >= 0.6 is 0 Å². The molecule has 0 amide bonds. The molecule has 34 heavy (non-hydrogen) atoms. The third-order valence-corrected chi connectivity index (χ3v) is 6.70. The first-order valence-electron chi connectivity index (χ1n) is 11.7. The lowest BCUT2D eigenvalue weighted by atomic mass is 10.1. The van der Waals surface area contributed by atoms with Crippen LogP contribution in [0.3, 0.4) is 0 Å². The van der Waals surface area contributed by atoms with E-state index in [4.69, 9.17) is 9.63 Å². The number of hydrogen-bond donors (Lipinski definition) is 2. The highest BCUT2D eigenvalue weighted by Crippen LogP contribution is 2.51. The number of aliphatic hydroxyl groups is 1. The zero-order valence-electron chi connectivity index (χ0n) is 19.1. The Bertz CT molecular complexity index is 1210. The second-order valence-electron chi connectivity index (χ2n) is 9.23. The van der Waals surface area contributed by atoms with Crippen LogP contribution in [-0.4, -0.2) is 55.4 Å². The van der Waals surface area contributed by atoms with Crippen LogP contribution in [0.2, 0.25) is 0 Å². The topological polar surface area (TPSA) is 105 Å². The molecule has 1 aromatic carbocycles. The van der Waals surface area contributed by atoms with Crippen molar-refractivity contribution in [2.24, 2.45) is 17.8 Å². The van der Waals surface area contributed by atoms with E-state index in [9.17, 15) is 9.90 Å². The summed E-state index contributed by atoms with van der Waals surface area (Å²) in [6, 6.07) is 9.89. The Morgan fingerprint density at radius 1 is 1.26 bits per heavy atom. The molecule has 8 heteroatoms. The molecular formula is C26H28N4O4. The van der Waals surface area contributed by atoms with Gasteiger partial charge in [-0.25, -0.2) is 4.98 Å². The summed E-state index contributed by atoms with van der Waals surface area (Å²) in [4.78, 5) is 17.2. The van der Waals surface area contributed by atoms with E-state index < -0.39 is 12.1 Å². The van der Waals surface area contributed by atoms with E-state index in [1.54, 1.807) is 13.1 Å². The van der Waals surface area contributed by atoms with Gasteiger partial charge in [-0.1, -0.05) is 17.0 Å². The average molecular weight is 461 g/mol. The number of carboxylic acids is 1. The van der Waals surface area contributed by atoms with Gasteiger partial charge in [-0.2, -0.15) is 0 Å². The lowest BCUT2D eigenvalue weighted by Gasteiger charge is -2.17. The molecule has 3 atom stereocenters. The summed E-state index contributed by atoms with van der Waals surface area (Å²) < 4.78 is 7.38. The smallest absolute Gasteiger partial charge is 0.303 e. The number of imidazole rings is 1. The van der Waals surface area contributed by atoms with E-state index in [-0.39, 0.29) is 6.42 Å². The maximum atomic E-state index is 10.7. The predicted molar refractivity (Wildman–Crippen MR) is 125 cm³/mol. The van der Waals surface area contributed by atoms with Crippen molar-refractivity contribution >= 4 is 5.97 Å². The number of hydrogen-bond acceptors (Lipinski definition) is 6. The molecule has 1 aliphatic carbocycles. The van der Waals surface area contributed by atoms with Crippen molar-refractivity contribution in [2.75, 3.05) is 19.6 Å². The molecule has 2 aliphatic rings. The van der Waals surface area contributed by atoms with Crippen molar-refractivity contribution in [1.82, 2.24) is 19.6 Å². The molecule has 2 aromatic heterocycles. The normalized spacial score (nSPS) is 22.1. The van der Waals surface area contributed by atoms with Crippen LogP contribution < -0.4 is 0 Å². The van der Waals surface area contributed by atoms with Crippen LogP contribution in [-0.2, 0) is 11.3 Å². The number of likely N-dealkylation sites (tertiary alicyclic amines) is 1. The zero-order valence-corrected chi connectivity index (χ0v) is 19.1. The molecule has 2 fully saturated rings. The molecular weight excluding hydrogens is 432 g/mol. The minimum Gasteiger partial charge on any atom is -0.481 e. The fourth-order valence-electron chi connectivity index (χ4n) is 4.87. The first-order valence-corrected chi connectivity index (χ1v) is 11.7. The molecule has 2 N–H and O–H groups in total. The number of fused-ring (bicyclic) bond motifs is 1. The average Bonchev–Trinajstić information content (AvgIpc) is 3.30. The van der Waals surface area contributed by atoms with Crippen molar-refractivity contribution < 1.29 is 19.5 Å². The lowest BCUT2D eigenvalue weighted by Crippen LogP contribution is -2.25. The molecule has 1 aliphatic heterocycles. The van der Waals surface area contributed by atoms with Gasteiger partial charge in [0.25, 0.3) is 0 Å². The number of carboxylic acid groups (broad SMARTS) is 1. The van der Waals surface area contributed by atoms with Crippen LogP contribution in [0.15, 0.2) is 47.2 Å².